The van der Waals surface area contributed by atoms with Crippen LogP contribution in [0.4, 0.5) is 5.69 Å². The molecule has 5 rings (SSSR count). The predicted octanol–water partition coefficient (Wildman–Crippen LogP) is 4.75. The van der Waals surface area contributed by atoms with Gasteiger partial charge in [0.05, 0.1) is 4.92 Å². The van der Waals surface area contributed by atoms with Crippen LogP contribution in [0.2, 0.25) is 0 Å². The highest BCUT2D eigenvalue weighted by atomic mass is 32.2. The maximum atomic E-state index is 11.0. The summed E-state index contributed by atoms with van der Waals surface area (Å²) in [6, 6.07) is 12.5. The van der Waals surface area contributed by atoms with E-state index in [1.54, 1.807) is 24.5 Å². The Kier molecular flexibility index (Phi) is 5.36. The molecule has 1 aliphatic rings. The number of pyridine rings is 1. The summed E-state index contributed by atoms with van der Waals surface area (Å²) in [5.41, 5.74) is 2.59. The van der Waals surface area contributed by atoms with Gasteiger partial charge in [-0.25, -0.2) is 9.97 Å². The van der Waals surface area contributed by atoms with Crippen molar-refractivity contribution < 1.29 is 4.92 Å². The van der Waals surface area contributed by atoms with Crippen LogP contribution in [0.3, 0.4) is 0 Å². The molecular formula is C22H19N7O2S. The molecule has 32 heavy (non-hydrogen) atoms. The number of nitro benzene ring substituents is 1. The van der Waals surface area contributed by atoms with Crippen LogP contribution in [0.25, 0.3) is 22.8 Å². The second-order valence-corrected chi connectivity index (χ2v) is 8.42. The first-order valence-electron chi connectivity index (χ1n) is 10.3. The third-order valence-electron chi connectivity index (χ3n) is 5.15. The number of rotatable bonds is 7. The number of nitrogens with zero attached hydrogens (tertiary/aromatic N) is 7. The van der Waals surface area contributed by atoms with Gasteiger partial charge in [-0.15, -0.1) is 10.2 Å². The summed E-state index contributed by atoms with van der Waals surface area (Å²) in [7, 11) is 0. The lowest BCUT2D eigenvalue weighted by atomic mass is 10.2. The van der Waals surface area contributed by atoms with Gasteiger partial charge in [-0.1, -0.05) is 6.92 Å². The quantitative estimate of drug-likeness (QED) is 0.227. The van der Waals surface area contributed by atoms with Gasteiger partial charge in [0.25, 0.3) is 5.69 Å². The van der Waals surface area contributed by atoms with E-state index in [1.165, 1.54) is 23.9 Å². The first-order chi connectivity index (χ1) is 15.6. The molecule has 1 fully saturated rings. The number of aryl methyl sites for hydroxylation is 1. The zero-order chi connectivity index (χ0) is 22.1. The van der Waals surface area contributed by atoms with E-state index in [1.807, 2.05) is 25.1 Å². The Balaban J connectivity index is 1.50. The summed E-state index contributed by atoms with van der Waals surface area (Å²) in [4.78, 5) is 24.1. The monoisotopic (exact) mass is 445 g/mol. The second-order valence-electron chi connectivity index (χ2n) is 7.43. The number of benzene rings is 1. The normalized spacial score (nSPS) is 13.3. The van der Waals surface area contributed by atoms with E-state index in [2.05, 4.69) is 24.7 Å². The molecule has 0 aliphatic heterocycles. The third-order valence-corrected chi connectivity index (χ3v) is 6.03. The van der Waals surface area contributed by atoms with Gasteiger partial charge < -0.3 is 0 Å². The highest BCUT2D eigenvalue weighted by molar-refractivity contribution is 7.99. The zero-order valence-corrected chi connectivity index (χ0v) is 18.1. The van der Waals surface area contributed by atoms with Gasteiger partial charge in [0, 0.05) is 47.4 Å². The summed E-state index contributed by atoms with van der Waals surface area (Å²) >= 11 is 1.45. The van der Waals surface area contributed by atoms with Crippen LogP contribution in [0.1, 0.15) is 31.5 Å². The van der Waals surface area contributed by atoms with Gasteiger partial charge in [0.1, 0.15) is 5.03 Å². The largest absolute Gasteiger partial charge is 0.299 e. The fourth-order valence-corrected chi connectivity index (χ4v) is 4.29. The van der Waals surface area contributed by atoms with Crippen LogP contribution < -0.4 is 0 Å². The summed E-state index contributed by atoms with van der Waals surface area (Å²) in [6.07, 6.45) is 6.47. The lowest BCUT2D eigenvalue weighted by Crippen LogP contribution is -2.01. The van der Waals surface area contributed by atoms with Crippen LogP contribution in [0.15, 0.2) is 65.0 Å². The molecule has 3 aromatic heterocycles. The van der Waals surface area contributed by atoms with Crippen LogP contribution in [0.5, 0.6) is 0 Å². The Labute approximate surface area is 188 Å². The van der Waals surface area contributed by atoms with Gasteiger partial charge >= 0.3 is 0 Å². The van der Waals surface area contributed by atoms with Crippen molar-refractivity contribution in [2.24, 2.45) is 0 Å². The van der Waals surface area contributed by atoms with E-state index in [-0.39, 0.29) is 5.69 Å². The maximum Gasteiger partial charge on any atom is 0.269 e. The van der Waals surface area contributed by atoms with Crippen LogP contribution in [-0.2, 0) is 6.42 Å². The predicted molar refractivity (Wildman–Crippen MR) is 119 cm³/mol. The van der Waals surface area contributed by atoms with Crippen LogP contribution in [0, 0.1) is 10.1 Å². The van der Waals surface area contributed by atoms with Crippen LogP contribution in [-0.4, -0.2) is 34.6 Å². The van der Waals surface area contributed by atoms with Gasteiger partial charge in [0.2, 0.25) is 0 Å². The van der Waals surface area contributed by atoms with Crippen molar-refractivity contribution >= 4 is 17.4 Å². The fraction of sp³-hybridized carbons (Fsp3) is 0.227. The van der Waals surface area contributed by atoms with E-state index >= 15 is 0 Å². The smallest absolute Gasteiger partial charge is 0.269 e. The molecule has 1 saturated carbocycles. The third kappa shape index (κ3) is 4.09. The van der Waals surface area contributed by atoms with E-state index in [0.29, 0.717) is 11.9 Å². The molecule has 0 bridgehead atoms. The summed E-state index contributed by atoms with van der Waals surface area (Å²) in [6.45, 7) is 2.03. The molecule has 0 amide bonds. The summed E-state index contributed by atoms with van der Waals surface area (Å²) in [5, 5.41) is 21.4. The SMILES string of the molecule is CCc1cc(Sc2nnc(-c3cccnc3)n2C2CC2)nc(-c2ccc([N+](=O)[O-])cc2)n1. The van der Waals surface area contributed by atoms with Crippen molar-refractivity contribution in [2.75, 3.05) is 0 Å². The molecular weight excluding hydrogens is 426 g/mol. The molecule has 160 valence electrons. The first kappa shape index (κ1) is 20.3. The van der Waals surface area contributed by atoms with Crippen molar-refractivity contribution in [1.82, 2.24) is 29.7 Å². The highest BCUT2D eigenvalue weighted by Crippen LogP contribution is 2.42. The lowest BCUT2D eigenvalue weighted by molar-refractivity contribution is -0.384. The van der Waals surface area contributed by atoms with Crippen molar-refractivity contribution in [3.8, 4) is 22.8 Å². The molecule has 4 aromatic rings. The second kappa shape index (κ2) is 8.46. The number of nitro groups is 1. The molecule has 0 atom stereocenters. The molecule has 3 heterocycles. The molecule has 1 aromatic carbocycles. The molecule has 0 saturated heterocycles. The zero-order valence-electron chi connectivity index (χ0n) is 17.3. The molecule has 0 N–H and O–H groups in total. The first-order valence-corrected chi connectivity index (χ1v) is 11.1. The fourth-order valence-electron chi connectivity index (χ4n) is 3.36. The molecule has 0 radical (unpaired) electrons. The van der Waals surface area contributed by atoms with Gasteiger partial charge in [0.15, 0.2) is 16.8 Å². The van der Waals surface area contributed by atoms with Crippen LogP contribution >= 0.6 is 11.8 Å². The number of aromatic nitrogens is 6. The Morgan fingerprint density at radius 2 is 1.94 bits per heavy atom. The van der Waals surface area contributed by atoms with E-state index in [0.717, 1.165) is 52.1 Å². The van der Waals surface area contributed by atoms with E-state index < -0.39 is 4.92 Å². The number of non-ortho nitro benzene ring substituents is 1. The minimum absolute atomic E-state index is 0.0375. The molecule has 1 aliphatic carbocycles. The molecule has 0 spiro atoms. The minimum atomic E-state index is -0.418. The van der Waals surface area contributed by atoms with Crippen molar-refractivity contribution in [2.45, 2.75) is 42.4 Å². The van der Waals surface area contributed by atoms with E-state index in [4.69, 9.17) is 4.98 Å². The van der Waals surface area contributed by atoms with Gasteiger partial charge in [-0.3, -0.25) is 19.7 Å². The van der Waals surface area contributed by atoms with Crippen molar-refractivity contribution in [3.05, 3.63) is 70.7 Å². The average molecular weight is 446 g/mol. The Bertz CT molecular complexity index is 1270. The molecule has 0 unspecified atom stereocenters. The summed E-state index contributed by atoms with van der Waals surface area (Å²) < 4.78 is 2.17. The standard InChI is InChI=1S/C22H19N7O2S/c1-2-16-12-19(25-20(24-16)14-5-7-18(8-6-14)29(30)31)32-22-27-26-21(28(22)17-9-10-17)15-4-3-11-23-13-15/h3-8,11-13,17H,2,9-10H2,1H3. The maximum absolute atomic E-state index is 11.0. The Hall–Kier alpha value is -3.66. The topological polar surface area (TPSA) is 113 Å². The van der Waals surface area contributed by atoms with Gasteiger partial charge in [-0.2, -0.15) is 0 Å². The Morgan fingerprint density at radius 3 is 2.59 bits per heavy atom. The number of hydrogen-bond acceptors (Lipinski definition) is 8. The molecule has 10 heteroatoms. The van der Waals surface area contributed by atoms with Crippen molar-refractivity contribution in [1.29, 1.82) is 0 Å². The highest BCUT2D eigenvalue weighted by Gasteiger charge is 2.30. The molecule has 9 nitrogen and oxygen atoms in total. The lowest BCUT2D eigenvalue weighted by Gasteiger charge is -2.10. The summed E-state index contributed by atoms with van der Waals surface area (Å²) in [5.74, 6) is 1.34. The van der Waals surface area contributed by atoms with E-state index in [9.17, 15) is 10.1 Å². The van der Waals surface area contributed by atoms with Gasteiger partial charge in [-0.05, 0) is 61.4 Å². The average Bonchev–Trinajstić information content (AvgIpc) is 3.59. The number of hydrogen-bond donors (Lipinski definition) is 0. The Morgan fingerprint density at radius 1 is 1.12 bits per heavy atom. The minimum Gasteiger partial charge on any atom is -0.299 e. The van der Waals surface area contributed by atoms with Crippen molar-refractivity contribution in [3.63, 3.8) is 0 Å².